The molecule has 0 radical (unpaired) electrons. The molecule has 0 aliphatic rings. The second-order valence-electron chi connectivity index (χ2n) is 23.0. The number of carboxylic acids is 4. The second-order valence-corrected chi connectivity index (χ2v) is 23.0. The van der Waals surface area contributed by atoms with Crippen LogP contribution in [0.15, 0.2) is 54.6 Å². The molecule has 0 saturated heterocycles. The van der Waals surface area contributed by atoms with Crippen LogP contribution in [0, 0.1) is 5.92 Å². The van der Waals surface area contributed by atoms with E-state index >= 15 is 0 Å². The number of nitrogens with one attached hydrogen (secondary N) is 10. The summed E-state index contributed by atoms with van der Waals surface area (Å²) >= 11 is 0. The Labute approximate surface area is 551 Å². The molecule has 0 bridgehead atoms. The van der Waals surface area contributed by atoms with Gasteiger partial charge in [-0.3, -0.25) is 67.1 Å². The number of unbranched alkanes of at least 4 members (excludes halogenated alkanes) is 2. The summed E-state index contributed by atoms with van der Waals surface area (Å²) in [5, 5.41) is 92.2. The van der Waals surface area contributed by atoms with Crippen molar-refractivity contribution in [1.29, 1.82) is 0 Å². The zero-order chi connectivity index (χ0) is 72.4. The zero-order valence-electron chi connectivity index (χ0n) is 53.3. The van der Waals surface area contributed by atoms with Crippen LogP contribution < -0.4 is 76.1 Å². The number of primary amides is 1. The number of carbonyl (C=O) groups excluding carboxylic acids is 11. The molecule has 0 aliphatic heterocycles. The molecule has 0 aromatic heterocycles. The second kappa shape index (κ2) is 42.4. The summed E-state index contributed by atoms with van der Waals surface area (Å²) in [6.45, 7) is 3.65. The Bertz CT molecular complexity index is 2990. The van der Waals surface area contributed by atoms with Gasteiger partial charge in [0.2, 0.25) is 65.0 Å². The van der Waals surface area contributed by atoms with Crippen molar-refractivity contribution in [1.82, 2.24) is 53.2 Å². The van der Waals surface area contributed by atoms with Crippen LogP contribution in [0.25, 0.3) is 0 Å². The lowest BCUT2D eigenvalue weighted by molar-refractivity contribution is -0.143. The van der Waals surface area contributed by atoms with E-state index in [4.69, 9.17) is 22.9 Å². The van der Waals surface area contributed by atoms with Gasteiger partial charge in [0.15, 0.2) is 0 Å². The maximum Gasteiger partial charge on any atom is 0.326 e. The molecule has 0 saturated carbocycles. The van der Waals surface area contributed by atoms with Gasteiger partial charge >= 0.3 is 23.9 Å². The van der Waals surface area contributed by atoms with E-state index in [0.717, 1.165) is 6.92 Å². The first-order chi connectivity index (χ1) is 45.2. The van der Waals surface area contributed by atoms with Crippen LogP contribution in [0.2, 0.25) is 0 Å². The molecule has 0 fully saturated rings. The molecule has 0 unspecified atom stereocenters. The number of nitrogens with two attached hydrogens (primary N) is 4. The van der Waals surface area contributed by atoms with Gasteiger partial charge in [0.05, 0.1) is 32.0 Å². The third-order valence-corrected chi connectivity index (χ3v) is 14.3. The van der Waals surface area contributed by atoms with Crippen LogP contribution >= 0.6 is 0 Å². The van der Waals surface area contributed by atoms with Crippen LogP contribution in [0.4, 0.5) is 0 Å². The Kier molecular flexibility index (Phi) is 36.3. The predicted molar refractivity (Wildman–Crippen MR) is 336 cm³/mol. The smallest absolute Gasteiger partial charge is 0.326 e. The van der Waals surface area contributed by atoms with E-state index in [2.05, 4.69) is 53.2 Å². The number of aliphatic hydroxyl groups excluding tert-OH is 2. The average Bonchev–Trinajstić information content (AvgIpc) is 1.08. The van der Waals surface area contributed by atoms with E-state index in [0.29, 0.717) is 18.4 Å². The van der Waals surface area contributed by atoms with Crippen molar-refractivity contribution >= 4 is 88.9 Å². The van der Waals surface area contributed by atoms with Gasteiger partial charge in [-0.15, -0.1) is 0 Å². The monoisotopic (exact) mass is 1360 g/mol. The Morgan fingerprint density at radius 2 is 0.802 bits per heavy atom. The predicted octanol–water partition coefficient (Wildman–Crippen LogP) is -6.20. The summed E-state index contributed by atoms with van der Waals surface area (Å²) in [5.74, 6) is -20.2. The number of aliphatic carboxylic acids is 4. The van der Waals surface area contributed by atoms with Crippen molar-refractivity contribution in [3.8, 4) is 5.75 Å². The summed E-state index contributed by atoms with van der Waals surface area (Å²) < 4.78 is 0. The van der Waals surface area contributed by atoms with E-state index in [1.165, 1.54) is 24.3 Å². The molecule has 96 heavy (non-hydrogen) atoms. The van der Waals surface area contributed by atoms with E-state index in [9.17, 15) is 108 Å². The number of benzene rings is 2. The topological polar surface area (TPSA) is 622 Å². The molecular formula is C60H90N14O22. The van der Waals surface area contributed by atoms with Crippen molar-refractivity contribution in [2.24, 2.45) is 28.9 Å². The minimum Gasteiger partial charge on any atom is -0.508 e. The van der Waals surface area contributed by atoms with E-state index in [1.807, 2.05) is 0 Å². The molecule has 0 aliphatic carbocycles. The molecular weight excluding hydrogens is 1270 g/mol. The van der Waals surface area contributed by atoms with E-state index in [1.54, 1.807) is 44.2 Å². The lowest BCUT2D eigenvalue weighted by atomic mass is 10.0. The van der Waals surface area contributed by atoms with Crippen molar-refractivity contribution < 1.29 is 108 Å². The van der Waals surface area contributed by atoms with Gasteiger partial charge in [-0.25, -0.2) is 4.79 Å². The average molecular weight is 1360 g/mol. The molecule has 2 aromatic carbocycles. The van der Waals surface area contributed by atoms with Crippen molar-refractivity contribution in [2.45, 2.75) is 183 Å². The molecule has 12 atom stereocenters. The van der Waals surface area contributed by atoms with Crippen LogP contribution in [0.3, 0.4) is 0 Å². The van der Waals surface area contributed by atoms with Crippen molar-refractivity contribution in [3.63, 3.8) is 0 Å². The zero-order valence-corrected chi connectivity index (χ0v) is 53.3. The molecule has 2 rings (SSSR count). The van der Waals surface area contributed by atoms with Crippen molar-refractivity contribution in [2.75, 3.05) is 19.7 Å². The Hall–Kier alpha value is -9.91. The first-order valence-corrected chi connectivity index (χ1v) is 30.7. The number of phenolic OH excluding ortho intramolecular Hbond substituents is 1. The summed E-state index contributed by atoms with van der Waals surface area (Å²) in [6.07, 6.45) is -6.64. The number of rotatable bonds is 46. The maximum absolute atomic E-state index is 14.5. The highest BCUT2D eigenvalue weighted by Crippen LogP contribution is 2.15. The highest BCUT2D eigenvalue weighted by molar-refractivity contribution is 6.01. The third-order valence-electron chi connectivity index (χ3n) is 14.3. The summed E-state index contributed by atoms with van der Waals surface area (Å²) in [6, 6.07) is -6.45. The largest absolute Gasteiger partial charge is 0.508 e. The van der Waals surface area contributed by atoms with Gasteiger partial charge in [0.25, 0.3) is 0 Å². The molecule has 36 heteroatoms. The number of carbonyl (C=O) groups is 15. The number of hydrogen-bond acceptors (Lipinski definition) is 21. The third kappa shape index (κ3) is 30.9. The molecule has 2 aromatic rings. The van der Waals surface area contributed by atoms with E-state index in [-0.39, 0.29) is 62.9 Å². The molecule has 0 heterocycles. The van der Waals surface area contributed by atoms with Crippen LogP contribution in [0.1, 0.15) is 109 Å². The summed E-state index contributed by atoms with van der Waals surface area (Å²) in [7, 11) is 0. The fourth-order valence-corrected chi connectivity index (χ4v) is 9.25. The van der Waals surface area contributed by atoms with Crippen LogP contribution in [-0.2, 0) is 84.8 Å². The summed E-state index contributed by atoms with van der Waals surface area (Å²) in [5.41, 5.74) is 22.8. The Morgan fingerprint density at radius 3 is 1.24 bits per heavy atom. The maximum atomic E-state index is 14.5. The number of hydrogen-bond donors (Lipinski definition) is 21. The van der Waals surface area contributed by atoms with Gasteiger partial charge in [0, 0.05) is 19.3 Å². The highest BCUT2D eigenvalue weighted by atomic mass is 16.4. The minimum absolute atomic E-state index is 0.0344. The van der Waals surface area contributed by atoms with Gasteiger partial charge in [-0.05, 0) is 101 Å². The number of carboxylic acid groups (broad SMARTS) is 4. The SMILES string of the molecule is CC(C)C[C@H](NC(=O)[C@H](CC(=O)O)NC(=O)[C@H](Cc1ccc(O)cc1)NC(=O)[C@@H](NC(=O)[C@H](CCCCN)NC(=O)[C@H](CC(N)=O)NC(=O)[C@H](CCC(=O)O)NC(=O)[C@@H](N)CO)[C@@H](C)O)C(=O)N[C@@H](CC(=O)O)C(=O)N[C@@H](Cc1ccccc1)C(=O)N[C@@H](CCCCN)C(=O)O. The molecule has 532 valence electrons. The highest BCUT2D eigenvalue weighted by Gasteiger charge is 2.38. The first-order valence-electron chi connectivity index (χ1n) is 30.7. The van der Waals surface area contributed by atoms with E-state index < -0.39 is 212 Å². The minimum atomic E-state index is -2.11. The van der Waals surface area contributed by atoms with Gasteiger partial charge in [-0.2, -0.15) is 0 Å². The van der Waals surface area contributed by atoms with Crippen molar-refractivity contribution in [3.05, 3.63) is 65.7 Å². The summed E-state index contributed by atoms with van der Waals surface area (Å²) in [4.78, 5) is 199. The molecule has 25 N–H and O–H groups in total. The van der Waals surface area contributed by atoms with Gasteiger partial charge in [-0.1, -0.05) is 56.3 Å². The number of phenols is 1. The van der Waals surface area contributed by atoms with Crippen LogP contribution in [-0.4, -0.2) is 217 Å². The number of aromatic hydroxyl groups is 1. The number of amides is 11. The van der Waals surface area contributed by atoms with Gasteiger partial charge < -0.3 is 112 Å². The van der Waals surface area contributed by atoms with Gasteiger partial charge in [0.1, 0.15) is 72.2 Å². The first kappa shape index (κ1) is 82.2. The standard InChI is InChI=1S/C60H90N14O22/c1-30(2)23-39(53(88)71-44(28-48(83)84)58(93)69-40(24-32-11-5-4-6-12-32)54(89)67-38(60(95)96)14-8-10-22-62)68-57(92)43(27-47(81)82)72-55(90)41(25-33-15-17-34(77)18-16-33)73-59(94)49(31(3)76)74-52(87)36(13-7-9-21-61)66-56(91)42(26-45(64)78)70-51(86)37(19-20-46(79)80)65-50(85)35(63)29-75/h4-6,11-12,15-18,30-31,35-44,49,75-77H,7-10,13-14,19-29,61-63H2,1-3H3,(H2,64,78)(H,65,85)(H,66,91)(H,67,89)(H,68,92)(H,69,93)(H,70,86)(H,71,88)(H,72,90)(H,73,94)(H,74,87)(H,79,80)(H,81,82)(H,83,84)(H,95,96)/t31-,35+,36+,37+,38+,39+,40+,41+,42+,43+,44+,49+/m1/s1. The number of aliphatic hydroxyl groups is 2. The molecule has 0 spiro atoms. The lowest BCUT2D eigenvalue weighted by Gasteiger charge is -2.29. The fourth-order valence-electron chi connectivity index (χ4n) is 9.25. The lowest BCUT2D eigenvalue weighted by Crippen LogP contribution is -2.62. The quantitative estimate of drug-likeness (QED) is 0.0274. The normalized spacial score (nSPS) is 14.8. The fraction of sp³-hybridized carbons (Fsp3) is 0.550. The molecule has 11 amide bonds. The molecule has 36 nitrogen and oxygen atoms in total. The van der Waals surface area contributed by atoms with Crippen LogP contribution in [0.5, 0.6) is 5.75 Å². The Balaban J connectivity index is 2.56. The Morgan fingerprint density at radius 1 is 0.427 bits per heavy atom.